The molecule has 0 aromatic heterocycles. The second-order valence-electron chi connectivity index (χ2n) is 4.61. The number of aliphatic carboxylic acids is 1. The molecule has 6 heteroatoms. The second kappa shape index (κ2) is 8.89. The fourth-order valence-electron chi connectivity index (χ4n) is 1.74. The maximum atomic E-state index is 10.9. The third kappa shape index (κ3) is 5.55. The lowest BCUT2D eigenvalue weighted by molar-refractivity contribution is -0.144. The Kier molecular flexibility index (Phi) is 7.53. The van der Waals surface area contributed by atoms with E-state index in [9.17, 15) is 4.79 Å². The Balaban J connectivity index is 2.98. The summed E-state index contributed by atoms with van der Waals surface area (Å²) in [7, 11) is 0. The van der Waals surface area contributed by atoms with Gasteiger partial charge in [0.15, 0.2) is 17.6 Å². The van der Waals surface area contributed by atoms with Crippen molar-refractivity contribution in [2.24, 2.45) is 0 Å². The van der Waals surface area contributed by atoms with Crippen molar-refractivity contribution in [3.05, 3.63) is 22.2 Å². The summed E-state index contributed by atoms with van der Waals surface area (Å²) in [4.78, 5) is 10.9. The first-order chi connectivity index (χ1) is 9.99. The maximum absolute atomic E-state index is 10.9. The molecule has 2 N–H and O–H groups in total. The van der Waals surface area contributed by atoms with E-state index in [-0.39, 0.29) is 0 Å². The average Bonchev–Trinajstić information content (AvgIpc) is 2.43. The summed E-state index contributed by atoms with van der Waals surface area (Å²) in [5, 5.41) is 12.3. The molecule has 0 aliphatic carbocycles. The molecule has 0 bridgehead atoms. The van der Waals surface area contributed by atoms with Gasteiger partial charge in [-0.25, -0.2) is 4.79 Å². The summed E-state index contributed by atoms with van der Waals surface area (Å²) in [5.74, 6) is -0.0442. The number of carbonyl (C=O) groups is 1. The number of benzene rings is 1. The van der Waals surface area contributed by atoms with Crippen molar-refractivity contribution in [2.75, 3.05) is 13.2 Å². The van der Waals surface area contributed by atoms with E-state index >= 15 is 0 Å². The van der Waals surface area contributed by atoms with Crippen LogP contribution in [0.2, 0.25) is 0 Å². The van der Waals surface area contributed by atoms with Crippen LogP contribution < -0.4 is 14.8 Å². The Morgan fingerprint density at radius 3 is 2.71 bits per heavy atom. The van der Waals surface area contributed by atoms with Crippen molar-refractivity contribution >= 4 is 21.9 Å². The molecular formula is C15H22BrNO4. The summed E-state index contributed by atoms with van der Waals surface area (Å²) in [6, 6.07) is 3.79. The van der Waals surface area contributed by atoms with E-state index in [1.54, 1.807) is 0 Å². The van der Waals surface area contributed by atoms with Crippen LogP contribution >= 0.6 is 15.9 Å². The smallest absolute Gasteiger partial charge is 0.344 e. The highest BCUT2D eigenvalue weighted by molar-refractivity contribution is 9.10. The quantitative estimate of drug-likeness (QED) is 0.662. The minimum atomic E-state index is -1.02. The monoisotopic (exact) mass is 359 g/mol. The average molecular weight is 360 g/mol. The van der Waals surface area contributed by atoms with Gasteiger partial charge in [0, 0.05) is 6.54 Å². The molecule has 0 aliphatic heterocycles. The number of hydrogen-bond donors (Lipinski definition) is 2. The van der Waals surface area contributed by atoms with Gasteiger partial charge in [-0.1, -0.05) is 6.92 Å². The van der Waals surface area contributed by atoms with E-state index in [2.05, 4.69) is 28.2 Å². The summed E-state index contributed by atoms with van der Waals surface area (Å²) >= 11 is 3.43. The van der Waals surface area contributed by atoms with Gasteiger partial charge in [-0.05, 0) is 60.4 Å². The molecule has 0 heterocycles. The van der Waals surface area contributed by atoms with Crippen LogP contribution in [0.1, 0.15) is 32.8 Å². The van der Waals surface area contributed by atoms with Gasteiger partial charge >= 0.3 is 5.97 Å². The molecule has 0 spiro atoms. The van der Waals surface area contributed by atoms with Gasteiger partial charge in [0.1, 0.15) is 0 Å². The molecule has 1 aromatic carbocycles. The lowest BCUT2D eigenvalue weighted by atomic mass is 10.2. The molecule has 0 radical (unpaired) electrons. The molecule has 1 aromatic rings. The second-order valence-corrected chi connectivity index (χ2v) is 5.47. The lowest BCUT2D eigenvalue weighted by Gasteiger charge is -2.17. The number of halogens is 1. The maximum Gasteiger partial charge on any atom is 0.344 e. The topological polar surface area (TPSA) is 67.8 Å². The van der Waals surface area contributed by atoms with Crippen LogP contribution in [0.4, 0.5) is 0 Å². The molecule has 0 amide bonds. The molecule has 118 valence electrons. The van der Waals surface area contributed by atoms with Gasteiger partial charge in [0.2, 0.25) is 0 Å². The van der Waals surface area contributed by atoms with Crippen molar-refractivity contribution in [2.45, 2.75) is 39.8 Å². The largest absolute Gasteiger partial charge is 0.490 e. The SMILES string of the molecule is CCCNCc1cc(Br)c(OC(C)C(=O)O)c(OCC)c1. The number of carboxylic acid groups (broad SMARTS) is 1. The standard InChI is InChI=1S/C15H22BrNO4/c1-4-6-17-9-11-7-12(16)14(13(8-11)20-5-2)21-10(3)15(18)19/h7-8,10,17H,4-6,9H2,1-3H3,(H,18,19). The molecule has 21 heavy (non-hydrogen) atoms. The van der Waals surface area contributed by atoms with Crippen molar-refractivity contribution in [3.63, 3.8) is 0 Å². The number of ether oxygens (including phenoxy) is 2. The minimum absolute atomic E-state index is 0.422. The van der Waals surface area contributed by atoms with Gasteiger partial charge in [-0.2, -0.15) is 0 Å². The van der Waals surface area contributed by atoms with Crippen LogP contribution in [-0.4, -0.2) is 30.3 Å². The zero-order valence-corrected chi connectivity index (χ0v) is 14.2. The minimum Gasteiger partial charge on any atom is -0.490 e. The van der Waals surface area contributed by atoms with Gasteiger partial charge < -0.3 is 19.9 Å². The van der Waals surface area contributed by atoms with Crippen LogP contribution in [0.15, 0.2) is 16.6 Å². The zero-order valence-electron chi connectivity index (χ0n) is 12.6. The lowest BCUT2D eigenvalue weighted by Crippen LogP contribution is -2.23. The number of carboxylic acids is 1. The van der Waals surface area contributed by atoms with Crippen LogP contribution in [-0.2, 0) is 11.3 Å². The molecule has 0 saturated carbocycles. The fourth-order valence-corrected chi connectivity index (χ4v) is 2.32. The van der Waals surface area contributed by atoms with Crippen LogP contribution in [0.25, 0.3) is 0 Å². The highest BCUT2D eigenvalue weighted by Crippen LogP contribution is 2.37. The number of rotatable bonds is 9. The normalized spacial score (nSPS) is 12.0. The predicted octanol–water partition coefficient (Wildman–Crippen LogP) is 3.20. The van der Waals surface area contributed by atoms with E-state index in [0.717, 1.165) is 25.1 Å². The summed E-state index contributed by atoms with van der Waals surface area (Å²) in [6.07, 6.45) is 0.126. The van der Waals surface area contributed by atoms with Crippen LogP contribution in [0.5, 0.6) is 11.5 Å². The Labute approximate surface area is 133 Å². The van der Waals surface area contributed by atoms with Crippen LogP contribution in [0, 0.1) is 0 Å². The van der Waals surface area contributed by atoms with Gasteiger partial charge in [-0.15, -0.1) is 0 Å². The summed E-state index contributed by atoms with van der Waals surface area (Å²) in [5.41, 5.74) is 1.05. The van der Waals surface area contributed by atoms with Gasteiger partial charge in [-0.3, -0.25) is 0 Å². The van der Waals surface area contributed by atoms with E-state index < -0.39 is 12.1 Å². The molecule has 5 nitrogen and oxygen atoms in total. The number of hydrogen-bond acceptors (Lipinski definition) is 4. The first kappa shape index (κ1) is 17.8. The van der Waals surface area contributed by atoms with Crippen molar-refractivity contribution < 1.29 is 19.4 Å². The molecule has 0 saturated heterocycles. The van der Waals surface area contributed by atoms with Crippen molar-refractivity contribution in [3.8, 4) is 11.5 Å². The zero-order chi connectivity index (χ0) is 15.8. The van der Waals surface area contributed by atoms with E-state index in [0.29, 0.717) is 22.6 Å². The summed E-state index contributed by atoms with van der Waals surface area (Å²) < 4.78 is 11.7. The van der Waals surface area contributed by atoms with Crippen molar-refractivity contribution in [1.82, 2.24) is 5.32 Å². The van der Waals surface area contributed by atoms with Gasteiger partial charge in [0.25, 0.3) is 0 Å². The Bertz CT molecular complexity index is 479. The van der Waals surface area contributed by atoms with Crippen molar-refractivity contribution in [1.29, 1.82) is 0 Å². The van der Waals surface area contributed by atoms with Crippen LogP contribution in [0.3, 0.4) is 0 Å². The Hall–Kier alpha value is -1.27. The highest BCUT2D eigenvalue weighted by atomic mass is 79.9. The Morgan fingerprint density at radius 1 is 1.43 bits per heavy atom. The van der Waals surface area contributed by atoms with E-state index in [4.69, 9.17) is 14.6 Å². The third-order valence-corrected chi connectivity index (χ3v) is 3.36. The molecule has 1 unspecified atom stereocenters. The molecule has 0 aliphatic rings. The first-order valence-electron chi connectivity index (χ1n) is 7.04. The molecule has 0 fully saturated rings. The Morgan fingerprint density at radius 2 is 2.14 bits per heavy atom. The molecule has 1 rings (SSSR count). The van der Waals surface area contributed by atoms with Gasteiger partial charge in [0.05, 0.1) is 11.1 Å². The highest BCUT2D eigenvalue weighted by Gasteiger charge is 2.19. The van der Waals surface area contributed by atoms with E-state index in [1.807, 2.05) is 19.1 Å². The predicted molar refractivity (Wildman–Crippen MR) is 85.0 cm³/mol. The molecule has 1 atom stereocenters. The first-order valence-corrected chi connectivity index (χ1v) is 7.84. The van der Waals surface area contributed by atoms with E-state index in [1.165, 1.54) is 6.92 Å². The third-order valence-electron chi connectivity index (χ3n) is 2.77. The fraction of sp³-hybridized carbons (Fsp3) is 0.533. The number of nitrogens with one attached hydrogen (secondary N) is 1. The molecular weight excluding hydrogens is 338 g/mol. The summed E-state index contributed by atoms with van der Waals surface area (Å²) in [6.45, 7) is 7.62.